The van der Waals surface area contributed by atoms with Crippen molar-refractivity contribution in [2.75, 3.05) is 52.8 Å². The number of hydrogen-bond acceptors (Lipinski definition) is 6. The van der Waals surface area contributed by atoms with E-state index in [1.165, 1.54) is 4.31 Å². The summed E-state index contributed by atoms with van der Waals surface area (Å²) >= 11 is 0. The van der Waals surface area contributed by atoms with Gasteiger partial charge in [-0.3, -0.25) is 9.69 Å². The molecule has 0 radical (unpaired) electrons. The van der Waals surface area contributed by atoms with E-state index in [1.807, 2.05) is 24.3 Å². The maximum absolute atomic E-state index is 12.7. The van der Waals surface area contributed by atoms with Crippen molar-refractivity contribution in [2.45, 2.75) is 24.9 Å². The Hall–Kier alpha value is -1.68. The van der Waals surface area contributed by atoms with Gasteiger partial charge in [-0.1, -0.05) is 12.1 Å². The minimum Gasteiger partial charge on any atom is -0.497 e. The molecule has 2 atom stereocenters. The summed E-state index contributed by atoms with van der Waals surface area (Å²) in [5.41, 5.74) is 1.08. The van der Waals surface area contributed by atoms with Crippen LogP contribution >= 0.6 is 0 Å². The molecule has 0 aromatic heterocycles. The SMILES string of the molecule is COc1ccc(C(CNC(=O)C2CCCN2S(C)(=O)=O)N2CCOCC2)cc1. The van der Waals surface area contributed by atoms with Crippen molar-refractivity contribution in [3.8, 4) is 5.75 Å². The third kappa shape index (κ3) is 5.02. The summed E-state index contributed by atoms with van der Waals surface area (Å²) in [7, 11) is -1.76. The zero-order valence-corrected chi connectivity index (χ0v) is 17.3. The Morgan fingerprint density at radius 2 is 1.93 bits per heavy atom. The van der Waals surface area contributed by atoms with E-state index in [0.29, 0.717) is 39.1 Å². The molecule has 156 valence electrons. The molecule has 8 nitrogen and oxygen atoms in total. The van der Waals surface area contributed by atoms with Crippen molar-refractivity contribution >= 4 is 15.9 Å². The maximum Gasteiger partial charge on any atom is 0.238 e. The zero-order chi connectivity index (χ0) is 20.1. The van der Waals surface area contributed by atoms with E-state index >= 15 is 0 Å². The monoisotopic (exact) mass is 411 g/mol. The Kier molecular flexibility index (Phi) is 6.92. The molecule has 2 unspecified atom stereocenters. The summed E-state index contributed by atoms with van der Waals surface area (Å²) in [5, 5.41) is 2.99. The van der Waals surface area contributed by atoms with Gasteiger partial charge in [-0.25, -0.2) is 8.42 Å². The fourth-order valence-electron chi connectivity index (χ4n) is 3.89. The molecule has 0 saturated carbocycles. The first-order valence-corrected chi connectivity index (χ1v) is 11.5. The van der Waals surface area contributed by atoms with Crippen molar-refractivity contribution in [2.24, 2.45) is 0 Å². The van der Waals surface area contributed by atoms with E-state index in [2.05, 4.69) is 10.2 Å². The number of nitrogens with one attached hydrogen (secondary N) is 1. The van der Waals surface area contributed by atoms with Gasteiger partial charge in [0.25, 0.3) is 0 Å². The largest absolute Gasteiger partial charge is 0.497 e. The highest BCUT2D eigenvalue weighted by molar-refractivity contribution is 7.88. The van der Waals surface area contributed by atoms with Crippen molar-refractivity contribution in [1.82, 2.24) is 14.5 Å². The predicted octanol–water partition coefficient (Wildman–Crippen LogP) is 0.609. The van der Waals surface area contributed by atoms with Crippen molar-refractivity contribution < 1.29 is 22.7 Å². The molecule has 3 rings (SSSR count). The molecule has 2 saturated heterocycles. The number of methoxy groups -OCH3 is 1. The first-order chi connectivity index (χ1) is 13.4. The standard InChI is InChI=1S/C19H29N3O5S/c1-26-16-7-5-15(6-8-16)18(21-10-12-27-13-11-21)14-20-19(23)17-4-3-9-22(17)28(2,24)25/h5-8,17-18H,3-4,9-14H2,1-2H3,(H,20,23). The van der Waals surface area contributed by atoms with Gasteiger partial charge in [-0.05, 0) is 30.5 Å². The van der Waals surface area contributed by atoms with E-state index in [4.69, 9.17) is 9.47 Å². The average Bonchev–Trinajstić information content (AvgIpc) is 3.20. The van der Waals surface area contributed by atoms with Gasteiger partial charge in [0.2, 0.25) is 15.9 Å². The van der Waals surface area contributed by atoms with Crippen molar-refractivity contribution in [3.05, 3.63) is 29.8 Å². The third-order valence-corrected chi connectivity index (χ3v) is 6.68. The summed E-state index contributed by atoms with van der Waals surface area (Å²) in [6.07, 6.45) is 2.42. The third-order valence-electron chi connectivity index (χ3n) is 5.39. The molecule has 1 aromatic carbocycles. The van der Waals surface area contributed by atoms with Crippen LogP contribution in [-0.2, 0) is 19.6 Å². The Morgan fingerprint density at radius 1 is 1.25 bits per heavy atom. The van der Waals surface area contributed by atoms with Gasteiger partial charge in [0.15, 0.2) is 0 Å². The highest BCUT2D eigenvalue weighted by Crippen LogP contribution is 2.25. The van der Waals surface area contributed by atoms with Crippen LogP contribution in [0.4, 0.5) is 0 Å². The molecule has 28 heavy (non-hydrogen) atoms. The molecule has 0 aliphatic carbocycles. The Balaban J connectivity index is 1.71. The molecule has 2 aliphatic rings. The van der Waals surface area contributed by atoms with Crippen LogP contribution in [0.2, 0.25) is 0 Å². The normalized spacial score (nSPS) is 22.7. The average molecular weight is 412 g/mol. The molecule has 0 bridgehead atoms. The summed E-state index contributed by atoms with van der Waals surface area (Å²) in [6, 6.07) is 7.20. The number of ether oxygens (including phenoxy) is 2. The van der Waals surface area contributed by atoms with E-state index < -0.39 is 16.1 Å². The van der Waals surface area contributed by atoms with Crippen LogP contribution in [0.15, 0.2) is 24.3 Å². The minimum atomic E-state index is -3.38. The van der Waals surface area contributed by atoms with Crippen molar-refractivity contribution in [3.63, 3.8) is 0 Å². The van der Waals surface area contributed by atoms with Crippen LogP contribution in [0.3, 0.4) is 0 Å². The minimum absolute atomic E-state index is 0.00755. The number of amides is 1. The molecule has 1 aromatic rings. The Morgan fingerprint density at radius 3 is 2.54 bits per heavy atom. The summed E-state index contributed by atoms with van der Waals surface area (Å²) in [5.74, 6) is 0.554. The van der Waals surface area contributed by atoms with Crippen LogP contribution in [-0.4, -0.2) is 82.3 Å². The number of carbonyl (C=O) groups is 1. The fourth-order valence-corrected chi connectivity index (χ4v) is 5.01. The van der Waals surface area contributed by atoms with Crippen LogP contribution in [0.1, 0.15) is 24.4 Å². The molecular formula is C19H29N3O5S. The van der Waals surface area contributed by atoms with Crippen LogP contribution in [0.25, 0.3) is 0 Å². The lowest BCUT2D eigenvalue weighted by molar-refractivity contribution is -0.124. The molecule has 2 fully saturated rings. The molecule has 2 aliphatic heterocycles. The maximum atomic E-state index is 12.7. The molecule has 0 spiro atoms. The second kappa shape index (κ2) is 9.21. The number of morpholine rings is 1. The van der Waals surface area contributed by atoms with Gasteiger partial charge in [0.05, 0.1) is 32.6 Å². The summed E-state index contributed by atoms with van der Waals surface area (Å²) in [6.45, 7) is 3.70. The first-order valence-electron chi connectivity index (χ1n) is 9.60. The highest BCUT2D eigenvalue weighted by atomic mass is 32.2. The quantitative estimate of drug-likeness (QED) is 0.707. The number of hydrogen-bond donors (Lipinski definition) is 1. The highest BCUT2D eigenvalue weighted by Gasteiger charge is 2.36. The van der Waals surface area contributed by atoms with Crippen LogP contribution in [0.5, 0.6) is 5.75 Å². The predicted molar refractivity (Wildman–Crippen MR) is 106 cm³/mol. The molecule has 1 amide bonds. The molecule has 2 heterocycles. The number of nitrogens with zero attached hydrogens (tertiary/aromatic N) is 2. The van der Waals surface area contributed by atoms with Gasteiger partial charge in [0, 0.05) is 26.2 Å². The second-order valence-corrected chi connectivity index (χ2v) is 9.15. The van der Waals surface area contributed by atoms with Crippen LogP contribution in [0, 0.1) is 0 Å². The smallest absolute Gasteiger partial charge is 0.238 e. The second-order valence-electron chi connectivity index (χ2n) is 7.21. The van der Waals surface area contributed by atoms with Gasteiger partial charge in [0.1, 0.15) is 11.8 Å². The van der Waals surface area contributed by atoms with Gasteiger partial charge in [-0.2, -0.15) is 4.31 Å². The Labute approximate surface area is 166 Å². The zero-order valence-electron chi connectivity index (χ0n) is 16.5. The number of rotatable bonds is 7. The van der Waals surface area contributed by atoms with Gasteiger partial charge in [-0.15, -0.1) is 0 Å². The van der Waals surface area contributed by atoms with Crippen molar-refractivity contribution in [1.29, 1.82) is 0 Å². The Bertz CT molecular complexity index is 762. The fraction of sp³-hybridized carbons (Fsp3) is 0.632. The molecular weight excluding hydrogens is 382 g/mol. The van der Waals surface area contributed by atoms with Gasteiger partial charge >= 0.3 is 0 Å². The van der Waals surface area contributed by atoms with E-state index in [9.17, 15) is 13.2 Å². The lowest BCUT2D eigenvalue weighted by Crippen LogP contribution is -2.49. The lowest BCUT2D eigenvalue weighted by Gasteiger charge is -2.35. The number of sulfonamides is 1. The molecule has 1 N–H and O–H groups in total. The van der Waals surface area contributed by atoms with Crippen LogP contribution < -0.4 is 10.1 Å². The van der Waals surface area contributed by atoms with E-state index in [-0.39, 0.29) is 11.9 Å². The number of benzene rings is 1. The molecule has 9 heteroatoms. The first kappa shape index (κ1) is 21.0. The lowest BCUT2D eigenvalue weighted by atomic mass is 10.0. The van der Waals surface area contributed by atoms with E-state index in [0.717, 1.165) is 30.7 Å². The number of carbonyl (C=O) groups excluding carboxylic acids is 1. The summed E-state index contributed by atoms with van der Waals surface area (Å²) < 4.78 is 35.9. The van der Waals surface area contributed by atoms with Gasteiger partial charge < -0.3 is 14.8 Å². The summed E-state index contributed by atoms with van der Waals surface area (Å²) in [4.78, 5) is 15.0. The van der Waals surface area contributed by atoms with E-state index in [1.54, 1.807) is 7.11 Å². The topological polar surface area (TPSA) is 88.2 Å².